The first-order chi connectivity index (χ1) is 4.51. The molecule has 0 aliphatic carbocycles. The molecule has 0 aromatic carbocycles. The molecule has 1 unspecified atom stereocenters. The highest BCUT2D eigenvalue weighted by atomic mass is 79.9. The zero-order valence-electron chi connectivity index (χ0n) is 5.49. The van der Waals surface area contributed by atoms with E-state index in [0.29, 0.717) is 0 Å². The van der Waals surface area contributed by atoms with Gasteiger partial charge in [0.25, 0.3) is 0 Å². The van der Waals surface area contributed by atoms with Crippen molar-refractivity contribution in [2.45, 2.75) is 11.5 Å². The zero-order valence-corrected chi connectivity index (χ0v) is 8.66. The lowest BCUT2D eigenvalue weighted by atomic mass is 10.2. The summed E-state index contributed by atoms with van der Waals surface area (Å²) in [5.74, 6) is 0. The lowest BCUT2D eigenvalue weighted by molar-refractivity contribution is 0.674. The predicted octanol–water partition coefficient (Wildman–Crippen LogP) is 1.78. The summed E-state index contributed by atoms with van der Waals surface area (Å²) in [7, 11) is 0. The van der Waals surface area contributed by atoms with Crippen LogP contribution in [0.1, 0.15) is 6.92 Å². The molecule has 4 heteroatoms. The van der Waals surface area contributed by atoms with E-state index in [1.54, 1.807) is 0 Å². The zero-order chi connectivity index (χ0) is 7.78. The fourth-order valence-electron chi connectivity index (χ4n) is 0.714. The van der Waals surface area contributed by atoms with Crippen molar-refractivity contribution in [2.24, 2.45) is 5.73 Å². The SMILES string of the molecule is CC1=CC(N)(Br)NC=C1Br. The molecule has 1 rings (SSSR count). The minimum Gasteiger partial charge on any atom is -0.360 e. The number of halogens is 2. The van der Waals surface area contributed by atoms with Gasteiger partial charge in [-0.15, -0.1) is 0 Å². The van der Waals surface area contributed by atoms with E-state index in [1.807, 2.05) is 19.2 Å². The minimum absolute atomic E-state index is 0.575. The van der Waals surface area contributed by atoms with Gasteiger partial charge in [0.2, 0.25) is 0 Å². The molecule has 0 spiro atoms. The molecule has 3 N–H and O–H groups in total. The maximum atomic E-state index is 5.69. The van der Waals surface area contributed by atoms with Crippen molar-refractivity contribution in [1.82, 2.24) is 5.32 Å². The molecular formula is C6H8Br2N2. The fourth-order valence-corrected chi connectivity index (χ4v) is 1.40. The van der Waals surface area contributed by atoms with Gasteiger partial charge in [-0.3, -0.25) is 5.73 Å². The van der Waals surface area contributed by atoms with Gasteiger partial charge in [0, 0.05) is 10.7 Å². The first-order valence-electron chi connectivity index (χ1n) is 2.82. The second-order valence-electron chi connectivity index (χ2n) is 2.23. The molecule has 1 heterocycles. The Morgan fingerprint density at radius 2 is 2.30 bits per heavy atom. The van der Waals surface area contributed by atoms with Gasteiger partial charge in [-0.25, -0.2) is 0 Å². The van der Waals surface area contributed by atoms with Crippen molar-refractivity contribution in [3.05, 3.63) is 22.3 Å². The summed E-state index contributed by atoms with van der Waals surface area (Å²) in [6, 6.07) is 0. The van der Waals surface area contributed by atoms with E-state index in [2.05, 4.69) is 37.2 Å². The van der Waals surface area contributed by atoms with Crippen molar-refractivity contribution < 1.29 is 0 Å². The predicted molar refractivity (Wildman–Crippen MR) is 49.7 cm³/mol. The molecule has 1 aliphatic heterocycles. The fraction of sp³-hybridized carbons (Fsp3) is 0.333. The van der Waals surface area contributed by atoms with Gasteiger partial charge in [0.05, 0.1) is 0 Å². The van der Waals surface area contributed by atoms with E-state index in [9.17, 15) is 0 Å². The normalized spacial score (nSPS) is 32.4. The van der Waals surface area contributed by atoms with E-state index in [4.69, 9.17) is 5.73 Å². The van der Waals surface area contributed by atoms with Gasteiger partial charge in [0.15, 0.2) is 4.57 Å². The quantitative estimate of drug-likeness (QED) is 0.519. The van der Waals surface area contributed by atoms with E-state index >= 15 is 0 Å². The molecule has 0 amide bonds. The van der Waals surface area contributed by atoms with E-state index in [-0.39, 0.29) is 0 Å². The Morgan fingerprint density at radius 1 is 1.70 bits per heavy atom. The molecule has 56 valence electrons. The number of nitrogens with two attached hydrogens (primary N) is 1. The van der Waals surface area contributed by atoms with E-state index in [0.717, 1.165) is 10.1 Å². The number of hydrogen-bond acceptors (Lipinski definition) is 2. The third-order valence-electron chi connectivity index (χ3n) is 1.22. The third kappa shape index (κ3) is 1.84. The first-order valence-corrected chi connectivity index (χ1v) is 4.41. The molecule has 0 aromatic rings. The van der Waals surface area contributed by atoms with Crippen LogP contribution in [0.15, 0.2) is 22.3 Å². The van der Waals surface area contributed by atoms with Crippen LogP contribution in [0.4, 0.5) is 0 Å². The van der Waals surface area contributed by atoms with Gasteiger partial charge in [-0.05, 0) is 50.4 Å². The second kappa shape index (κ2) is 2.68. The molecule has 10 heavy (non-hydrogen) atoms. The number of alkyl halides is 1. The summed E-state index contributed by atoms with van der Waals surface area (Å²) < 4.78 is 0.460. The van der Waals surface area contributed by atoms with Gasteiger partial charge in [0.1, 0.15) is 0 Å². The number of rotatable bonds is 0. The van der Waals surface area contributed by atoms with E-state index < -0.39 is 4.57 Å². The monoisotopic (exact) mass is 266 g/mol. The van der Waals surface area contributed by atoms with Crippen LogP contribution in [0.5, 0.6) is 0 Å². The molecule has 2 nitrogen and oxygen atoms in total. The Hall–Kier alpha value is 0.200. The molecule has 1 aliphatic rings. The number of hydrogen-bond donors (Lipinski definition) is 2. The first kappa shape index (κ1) is 8.30. The van der Waals surface area contributed by atoms with Crippen LogP contribution < -0.4 is 11.1 Å². The number of dihydropyridines is 1. The largest absolute Gasteiger partial charge is 0.360 e. The maximum Gasteiger partial charge on any atom is 0.163 e. The van der Waals surface area contributed by atoms with Gasteiger partial charge in [-0.2, -0.15) is 0 Å². The van der Waals surface area contributed by atoms with E-state index in [1.165, 1.54) is 0 Å². The number of allylic oxidation sites excluding steroid dienone is 2. The van der Waals surface area contributed by atoms with Gasteiger partial charge >= 0.3 is 0 Å². The highest BCUT2D eigenvalue weighted by Gasteiger charge is 2.19. The average molecular weight is 268 g/mol. The molecule has 0 bridgehead atoms. The summed E-state index contributed by atoms with van der Waals surface area (Å²) in [5, 5.41) is 2.95. The Morgan fingerprint density at radius 3 is 2.70 bits per heavy atom. The highest BCUT2D eigenvalue weighted by Crippen LogP contribution is 2.24. The third-order valence-corrected chi connectivity index (χ3v) is 2.54. The van der Waals surface area contributed by atoms with Crippen molar-refractivity contribution in [1.29, 1.82) is 0 Å². The molecular weight excluding hydrogens is 260 g/mol. The van der Waals surface area contributed by atoms with Crippen LogP contribution >= 0.6 is 31.9 Å². The Kier molecular flexibility index (Phi) is 2.22. The Labute approximate surface area is 76.8 Å². The minimum atomic E-state index is -0.575. The highest BCUT2D eigenvalue weighted by molar-refractivity contribution is 9.12. The second-order valence-corrected chi connectivity index (χ2v) is 4.40. The van der Waals surface area contributed by atoms with Crippen LogP contribution in [0.25, 0.3) is 0 Å². The Balaban J connectivity index is 2.87. The summed E-state index contributed by atoms with van der Waals surface area (Å²) in [5.41, 5.74) is 6.82. The molecule has 0 aromatic heterocycles. The molecule has 0 saturated heterocycles. The van der Waals surface area contributed by atoms with Crippen molar-refractivity contribution in [2.75, 3.05) is 0 Å². The average Bonchev–Trinajstić information content (AvgIpc) is 1.79. The number of nitrogens with one attached hydrogen (secondary N) is 1. The molecule has 0 radical (unpaired) electrons. The lowest BCUT2D eigenvalue weighted by Gasteiger charge is -2.24. The molecule has 1 atom stereocenters. The standard InChI is InChI=1S/C6H8Br2N2/c1-4-2-6(8,9)10-3-5(4)7/h2-3,10H,9H2,1H3. The van der Waals surface area contributed by atoms with Gasteiger partial charge in [-0.1, -0.05) is 0 Å². The maximum absolute atomic E-state index is 5.69. The van der Waals surface area contributed by atoms with Crippen molar-refractivity contribution >= 4 is 31.9 Å². The van der Waals surface area contributed by atoms with Crippen LogP contribution in [-0.4, -0.2) is 4.57 Å². The van der Waals surface area contributed by atoms with Crippen LogP contribution in [-0.2, 0) is 0 Å². The smallest absolute Gasteiger partial charge is 0.163 e. The van der Waals surface area contributed by atoms with Crippen molar-refractivity contribution in [3.63, 3.8) is 0 Å². The van der Waals surface area contributed by atoms with Crippen molar-refractivity contribution in [3.8, 4) is 0 Å². The Bertz CT molecular complexity index is 206. The summed E-state index contributed by atoms with van der Waals surface area (Å²) >= 11 is 6.64. The van der Waals surface area contributed by atoms with Crippen LogP contribution in [0.3, 0.4) is 0 Å². The molecule has 0 saturated carbocycles. The lowest BCUT2D eigenvalue weighted by Crippen LogP contribution is -2.44. The summed E-state index contributed by atoms with van der Waals surface area (Å²) in [6.45, 7) is 1.99. The molecule has 0 fully saturated rings. The van der Waals surface area contributed by atoms with Gasteiger partial charge < -0.3 is 5.32 Å². The summed E-state index contributed by atoms with van der Waals surface area (Å²) in [6.07, 6.45) is 3.72. The van der Waals surface area contributed by atoms with Crippen LogP contribution in [0, 0.1) is 0 Å². The summed E-state index contributed by atoms with van der Waals surface area (Å²) in [4.78, 5) is 0. The van der Waals surface area contributed by atoms with Crippen LogP contribution in [0.2, 0.25) is 0 Å². The topological polar surface area (TPSA) is 38.0 Å².